The predicted octanol–water partition coefficient (Wildman–Crippen LogP) is 4.65. The lowest BCUT2D eigenvalue weighted by Crippen LogP contribution is -2.42. The van der Waals surface area contributed by atoms with Crippen LogP contribution in [0.3, 0.4) is 0 Å². The quantitative estimate of drug-likeness (QED) is 0.461. The molecular formula is C25H32ClN3O7S. The number of benzene rings is 1. The highest BCUT2D eigenvalue weighted by molar-refractivity contribution is 7.75. The highest BCUT2D eigenvalue weighted by Crippen LogP contribution is 2.34. The van der Waals surface area contributed by atoms with Crippen molar-refractivity contribution in [3.63, 3.8) is 0 Å². The fourth-order valence-electron chi connectivity index (χ4n) is 3.98. The molecule has 12 heteroatoms. The highest BCUT2D eigenvalue weighted by Gasteiger charge is 2.26. The number of hydrogen-bond acceptors (Lipinski definition) is 9. The van der Waals surface area contributed by atoms with E-state index >= 15 is 0 Å². The van der Waals surface area contributed by atoms with Crippen LogP contribution in [-0.2, 0) is 30.9 Å². The van der Waals surface area contributed by atoms with Gasteiger partial charge in [0.15, 0.2) is 0 Å². The second-order valence-corrected chi connectivity index (χ2v) is 10.9. The Labute approximate surface area is 224 Å². The number of carbonyl (C=O) groups excluding carboxylic acids is 1. The standard InChI is InChI=1S/C25H32ClN3O7S/c1-16(2)12-32-25(30)29-8-6-20(7-9-29)35-23-17(3)24(28-15-27-23)36-22-5-4-18(11-21(22)26)10-19-13-33-37(31)34-14-19/h4-5,11,15-16,19-20H,6-10,12-14H2,1-3H3/t19-,37-. The molecule has 0 radical (unpaired) electrons. The van der Waals surface area contributed by atoms with Crippen LogP contribution in [0.15, 0.2) is 24.5 Å². The molecule has 0 aliphatic carbocycles. The Kier molecular flexibility index (Phi) is 9.58. The average Bonchev–Trinajstić information content (AvgIpc) is 2.88. The van der Waals surface area contributed by atoms with Gasteiger partial charge in [0.25, 0.3) is 0 Å². The van der Waals surface area contributed by atoms with E-state index in [0.717, 1.165) is 5.56 Å². The number of piperidine rings is 1. The number of amides is 1. The Morgan fingerprint density at radius 2 is 1.89 bits per heavy atom. The number of carbonyl (C=O) groups is 1. The summed E-state index contributed by atoms with van der Waals surface area (Å²) in [4.78, 5) is 22.5. The smallest absolute Gasteiger partial charge is 0.409 e. The van der Waals surface area contributed by atoms with Gasteiger partial charge in [0, 0.05) is 31.8 Å². The third-order valence-corrected chi connectivity index (χ3v) is 6.99. The van der Waals surface area contributed by atoms with E-state index in [-0.39, 0.29) is 18.1 Å². The van der Waals surface area contributed by atoms with Crippen LogP contribution < -0.4 is 9.47 Å². The van der Waals surface area contributed by atoms with Crippen LogP contribution in [0, 0.1) is 18.8 Å². The molecule has 1 aromatic carbocycles. The summed E-state index contributed by atoms with van der Waals surface area (Å²) in [5.41, 5.74) is 1.65. The molecule has 2 aliphatic heterocycles. The molecule has 0 spiro atoms. The van der Waals surface area contributed by atoms with Crippen molar-refractivity contribution >= 4 is 29.1 Å². The first-order valence-corrected chi connectivity index (χ1v) is 13.7. The Morgan fingerprint density at radius 3 is 2.57 bits per heavy atom. The van der Waals surface area contributed by atoms with Gasteiger partial charge in [0.1, 0.15) is 18.2 Å². The molecule has 0 saturated carbocycles. The van der Waals surface area contributed by atoms with E-state index in [0.29, 0.717) is 86.2 Å². The van der Waals surface area contributed by atoms with Crippen LogP contribution in [-0.4, -0.2) is 64.2 Å². The number of nitrogens with zero attached hydrogens (tertiary/aromatic N) is 3. The number of likely N-dealkylation sites (tertiary alicyclic amines) is 1. The van der Waals surface area contributed by atoms with E-state index in [2.05, 4.69) is 9.97 Å². The predicted molar refractivity (Wildman–Crippen MR) is 137 cm³/mol. The molecule has 2 aromatic rings. The molecule has 2 saturated heterocycles. The fourth-order valence-corrected chi connectivity index (χ4v) is 4.90. The summed E-state index contributed by atoms with van der Waals surface area (Å²) >= 11 is 4.84. The maximum absolute atomic E-state index is 12.2. The zero-order valence-electron chi connectivity index (χ0n) is 21.2. The number of hydrogen-bond donors (Lipinski definition) is 0. The largest absolute Gasteiger partial charge is 0.474 e. The lowest BCUT2D eigenvalue weighted by atomic mass is 10.0. The van der Waals surface area contributed by atoms with Gasteiger partial charge in [0.2, 0.25) is 11.8 Å². The van der Waals surface area contributed by atoms with Gasteiger partial charge >= 0.3 is 17.5 Å². The zero-order chi connectivity index (χ0) is 26.4. The second-order valence-electron chi connectivity index (χ2n) is 9.59. The van der Waals surface area contributed by atoms with Crippen LogP contribution in [0.5, 0.6) is 17.5 Å². The summed E-state index contributed by atoms with van der Waals surface area (Å²) in [6, 6.07) is 5.54. The minimum absolute atomic E-state index is 0.0800. The topological polar surface area (TPSA) is 109 Å². The minimum Gasteiger partial charge on any atom is -0.474 e. The molecule has 202 valence electrons. The molecule has 10 nitrogen and oxygen atoms in total. The van der Waals surface area contributed by atoms with Crippen molar-refractivity contribution in [2.45, 2.75) is 46.1 Å². The number of aromatic nitrogens is 2. The van der Waals surface area contributed by atoms with Crippen molar-refractivity contribution in [2.75, 3.05) is 32.9 Å². The zero-order valence-corrected chi connectivity index (χ0v) is 22.8. The van der Waals surface area contributed by atoms with Crippen molar-refractivity contribution in [3.8, 4) is 17.5 Å². The van der Waals surface area contributed by atoms with Gasteiger partial charge in [-0.05, 0) is 37.0 Å². The third-order valence-electron chi connectivity index (χ3n) is 6.04. The van der Waals surface area contributed by atoms with Crippen molar-refractivity contribution in [3.05, 3.63) is 40.7 Å². The van der Waals surface area contributed by atoms with Gasteiger partial charge in [-0.2, -0.15) is 4.21 Å². The summed E-state index contributed by atoms with van der Waals surface area (Å²) in [6.45, 7) is 8.13. The van der Waals surface area contributed by atoms with Gasteiger partial charge in [-0.1, -0.05) is 31.5 Å². The fraction of sp³-hybridized carbons (Fsp3) is 0.560. The van der Waals surface area contributed by atoms with Crippen LogP contribution in [0.1, 0.15) is 37.8 Å². The third kappa shape index (κ3) is 7.76. The van der Waals surface area contributed by atoms with Crippen molar-refractivity contribution in [1.82, 2.24) is 14.9 Å². The molecule has 0 N–H and O–H groups in total. The van der Waals surface area contributed by atoms with Gasteiger partial charge in [0.05, 0.1) is 30.4 Å². The lowest BCUT2D eigenvalue weighted by molar-refractivity contribution is 0.0603. The summed E-state index contributed by atoms with van der Waals surface area (Å²) in [5.74, 6) is 1.65. The van der Waals surface area contributed by atoms with Crippen molar-refractivity contribution in [1.29, 1.82) is 0 Å². The van der Waals surface area contributed by atoms with E-state index in [1.165, 1.54) is 6.33 Å². The van der Waals surface area contributed by atoms with E-state index in [1.54, 1.807) is 11.0 Å². The first kappa shape index (κ1) is 27.6. The Morgan fingerprint density at radius 1 is 1.19 bits per heavy atom. The summed E-state index contributed by atoms with van der Waals surface area (Å²) in [6.07, 6.45) is 3.07. The molecule has 0 atom stereocenters. The van der Waals surface area contributed by atoms with Gasteiger partial charge in [-0.25, -0.2) is 14.8 Å². The van der Waals surface area contributed by atoms with Crippen LogP contribution in [0.25, 0.3) is 0 Å². The van der Waals surface area contributed by atoms with Gasteiger partial charge in [-0.15, -0.1) is 0 Å². The molecule has 4 rings (SSSR count). The molecule has 0 bridgehead atoms. The molecule has 2 fully saturated rings. The molecule has 3 heterocycles. The lowest BCUT2D eigenvalue weighted by Gasteiger charge is -2.31. The van der Waals surface area contributed by atoms with Gasteiger partial charge < -0.3 is 19.1 Å². The molecular weight excluding hydrogens is 522 g/mol. The van der Waals surface area contributed by atoms with Crippen molar-refractivity contribution < 1.29 is 31.6 Å². The Bertz CT molecular complexity index is 1100. The van der Waals surface area contributed by atoms with Crippen LogP contribution >= 0.6 is 11.6 Å². The first-order valence-electron chi connectivity index (χ1n) is 12.3. The Hall–Kier alpha value is -2.47. The summed E-state index contributed by atoms with van der Waals surface area (Å²) < 4.78 is 38.7. The SMILES string of the molecule is Cc1c(Oc2ccc(C[C@H]3CO[S@](=O)OC3)cc2Cl)ncnc1OC1CCN(C(=O)OCC(C)C)CC1. The minimum atomic E-state index is -1.65. The van der Waals surface area contributed by atoms with E-state index in [1.807, 2.05) is 32.9 Å². The number of ether oxygens (including phenoxy) is 3. The second kappa shape index (κ2) is 12.9. The maximum Gasteiger partial charge on any atom is 0.409 e. The van der Waals surface area contributed by atoms with E-state index in [9.17, 15) is 9.00 Å². The van der Waals surface area contributed by atoms with Gasteiger partial charge in [-0.3, -0.25) is 8.37 Å². The first-order chi connectivity index (χ1) is 17.8. The van der Waals surface area contributed by atoms with Crippen LogP contribution in [0.2, 0.25) is 5.02 Å². The van der Waals surface area contributed by atoms with Crippen molar-refractivity contribution in [2.24, 2.45) is 11.8 Å². The molecule has 37 heavy (non-hydrogen) atoms. The normalized spacial score (nSPS) is 20.6. The van der Waals surface area contributed by atoms with Crippen LogP contribution in [0.4, 0.5) is 4.79 Å². The number of halogens is 1. The number of rotatable bonds is 8. The maximum atomic E-state index is 12.2. The summed E-state index contributed by atoms with van der Waals surface area (Å²) in [5, 5.41) is 0.441. The molecule has 0 unspecified atom stereocenters. The van der Waals surface area contributed by atoms with E-state index < -0.39 is 11.4 Å². The molecule has 2 aliphatic rings. The highest BCUT2D eigenvalue weighted by atomic mass is 35.5. The Balaban J connectivity index is 1.32. The van der Waals surface area contributed by atoms with E-state index in [4.69, 9.17) is 34.2 Å². The average molecular weight is 554 g/mol. The summed E-state index contributed by atoms with van der Waals surface area (Å²) in [7, 11) is 0. The molecule has 1 amide bonds. The monoisotopic (exact) mass is 553 g/mol. The molecule has 1 aromatic heterocycles.